The van der Waals surface area contributed by atoms with Crippen LogP contribution in [0, 0.1) is 0 Å². The molecule has 0 heterocycles. The molecule has 0 aromatic carbocycles. The lowest BCUT2D eigenvalue weighted by Gasteiger charge is -2.22. The second-order valence-corrected chi connectivity index (χ2v) is 5.88. The lowest BCUT2D eigenvalue weighted by molar-refractivity contribution is 0.00589. The van der Waals surface area contributed by atoms with E-state index in [0.29, 0.717) is 13.0 Å². The predicted octanol–water partition coefficient (Wildman–Crippen LogP) is 2.89. The minimum Gasteiger partial charge on any atom is -0.390 e. The summed E-state index contributed by atoms with van der Waals surface area (Å²) < 4.78 is 5.49. The summed E-state index contributed by atoms with van der Waals surface area (Å²) in [6, 6.07) is 0. The Labute approximate surface area is 106 Å². The molecular formula is C14H30O3. The fourth-order valence-corrected chi connectivity index (χ4v) is 1.82. The SMILES string of the molecule is CCCC(C)(O)CCOCCCCC(C)(C)O. The van der Waals surface area contributed by atoms with Crippen LogP contribution in [0.15, 0.2) is 0 Å². The van der Waals surface area contributed by atoms with Crippen LogP contribution >= 0.6 is 0 Å². The first-order chi connectivity index (χ1) is 7.77. The fourth-order valence-electron chi connectivity index (χ4n) is 1.82. The van der Waals surface area contributed by atoms with Gasteiger partial charge in [-0.15, -0.1) is 0 Å². The third-order valence-corrected chi connectivity index (χ3v) is 2.90. The molecule has 0 aliphatic heterocycles. The van der Waals surface area contributed by atoms with Gasteiger partial charge in [0.25, 0.3) is 0 Å². The van der Waals surface area contributed by atoms with Crippen LogP contribution in [0.3, 0.4) is 0 Å². The highest BCUT2D eigenvalue weighted by atomic mass is 16.5. The summed E-state index contributed by atoms with van der Waals surface area (Å²) in [6.45, 7) is 8.94. The molecule has 1 unspecified atom stereocenters. The summed E-state index contributed by atoms with van der Waals surface area (Å²) in [7, 11) is 0. The second kappa shape index (κ2) is 8.06. The largest absolute Gasteiger partial charge is 0.390 e. The van der Waals surface area contributed by atoms with Crippen LogP contribution in [0.4, 0.5) is 0 Å². The second-order valence-electron chi connectivity index (χ2n) is 5.88. The molecule has 0 saturated carbocycles. The molecule has 1 atom stereocenters. The van der Waals surface area contributed by atoms with Crippen molar-refractivity contribution in [2.24, 2.45) is 0 Å². The van der Waals surface area contributed by atoms with Gasteiger partial charge in [-0.1, -0.05) is 13.3 Å². The molecule has 104 valence electrons. The normalized spacial score (nSPS) is 15.9. The summed E-state index contributed by atoms with van der Waals surface area (Å²) in [5.74, 6) is 0. The minimum absolute atomic E-state index is 0.565. The Hall–Kier alpha value is -0.120. The molecular weight excluding hydrogens is 216 g/mol. The van der Waals surface area contributed by atoms with E-state index < -0.39 is 11.2 Å². The standard InChI is InChI=1S/C14H30O3/c1-5-8-14(4,16)10-12-17-11-7-6-9-13(2,3)15/h15-16H,5-12H2,1-4H3. The molecule has 17 heavy (non-hydrogen) atoms. The molecule has 0 radical (unpaired) electrons. The number of rotatable bonds is 10. The quantitative estimate of drug-likeness (QED) is 0.583. The average Bonchev–Trinajstić information content (AvgIpc) is 2.14. The molecule has 0 spiro atoms. The van der Waals surface area contributed by atoms with Gasteiger partial charge in [-0.2, -0.15) is 0 Å². The zero-order valence-electron chi connectivity index (χ0n) is 12.0. The van der Waals surface area contributed by atoms with Crippen LogP contribution in [0.5, 0.6) is 0 Å². The third-order valence-electron chi connectivity index (χ3n) is 2.90. The fraction of sp³-hybridized carbons (Fsp3) is 1.00. The van der Waals surface area contributed by atoms with Crippen molar-refractivity contribution in [3.8, 4) is 0 Å². The first-order valence-corrected chi connectivity index (χ1v) is 6.79. The van der Waals surface area contributed by atoms with E-state index in [9.17, 15) is 10.2 Å². The maximum atomic E-state index is 9.91. The minimum atomic E-state index is -0.582. The van der Waals surface area contributed by atoms with Gasteiger partial charge in [0.05, 0.1) is 11.2 Å². The molecule has 3 nitrogen and oxygen atoms in total. The number of hydrogen-bond acceptors (Lipinski definition) is 3. The van der Waals surface area contributed by atoms with E-state index in [1.165, 1.54) is 0 Å². The Morgan fingerprint density at radius 2 is 1.53 bits per heavy atom. The van der Waals surface area contributed by atoms with Crippen LogP contribution in [-0.2, 0) is 4.74 Å². The predicted molar refractivity (Wildman–Crippen MR) is 71.1 cm³/mol. The molecule has 0 rings (SSSR count). The van der Waals surface area contributed by atoms with Crippen molar-refractivity contribution in [1.29, 1.82) is 0 Å². The Kier molecular flexibility index (Phi) is 8.01. The van der Waals surface area contributed by atoms with Gasteiger partial charge in [0.15, 0.2) is 0 Å². The van der Waals surface area contributed by atoms with Crippen molar-refractivity contribution in [1.82, 2.24) is 0 Å². The van der Waals surface area contributed by atoms with Crippen LogP contribution < -0.4 is 0 Å². The molecule has 0 aliphatic carbocycles. The molecule has 0 amide bonds. The topological polar surface area (TPSA) is 49.7 Å². The lowest BCUT2D eigenvalue weighted by Crippen LogP contribution is -2.25. The molecule has 3 heteroatoms. The summed E-state index contributed by atoms with van der Waals surface area (Å²) in [5, 5.41) is 19.4. The first kappa shape index (κ1) is 16.9. The molecule has 0 fully saturated rings. The Bertz CT molecular complexity index is 182. The summed E-state index contributed by atoms with van der Waals surface area (Å²) in [6.07, 6.45) is 5.29. The highest BCUT2D eigenvalue weighted by Gasteiger charge is 2.18. The van der Waals surface area contributed by atoms with Crippen molar-refractivity contribution < 1.29 is 14.9 Å². The highest BCUT2D eigenvalue weighted by Crippen LogP contribution is 2.16. The Morgan fingerprint density at radius 3 is 2.06 bits per heavy atom. The van der Waals surface area contributed by atoms with Gasteiger partial charge in [0.1, 0.15) is 0 Å². The molecule has 2 N–H and O–H groups in total. The summed E-state index contributed by atoms with van der Waals surface area (Å²) in [4.78, 5) is 0. The molecule has 0 aliphatic rings. The third kappa shape index (κ3) is 12.1. The maximum absolute atomic E-state index is 9.91. The zero-order valence-corrected chi connectivity index (χ0v) is 12.0. The summed E-state index contributed by atoms with van der Waals surface area (Å²) >= 11 is 0. The van der Waals surface area contributed by atoms with Crippen molar-refractivity contribution in [2.75, 3.05) is 13.2 Å². The maximum Gasteiger partial charge on any atom is 0.0641 e. The van der Waals surface area contributed by atoms with E-state index in [1.54, 1.807) is 0 Å². The molecule has 0 aromatic rings. The number of unbranched alkanes of at least 4 members (excludes halogenated alkanes) is 1. The van der Waals surface area contributed by atoms with Gasteiger partial charge in [0.2, 0.25) is 0 Å². The van der Waals surface area contributed by atoms with E-state index in [1.807, 2.05) is 20.8 Å². The number of aliphatic hydroxyl groups is 2. The van der Waals surface area contributed by atoms with E-state index in [4.69, 9.17) is 4.74 Å². The summed E-state index contributed by atoms with van der Waals surface area (Å²) in [5.41, 5.74) is -1.15. The van der Waals surface area contributed by atoms with Crippen LogP contribution in [0.1, 0.15) is 66.2 Å². The van der Waals surface area contributed by atoms with Gasteiger partial charge in [-0.3, -0.25) is 0 Å². The monoisotopic (exact) mass is 246 g/mol. The van der Waals surface area contributed by atoms with Crippen molar-refractivity contribution >= 4 is 0 Å². The smallest absolute Gasteiger partial charge is 0.0641 e. The number of ether oxygens (including phenoxy) is 1. The molecule has 0 aromatic heterocycles. The van der Waals surface area contributed by atoms with Crippen LogP contribution in [0.25, 0.3) is 0 Å². The van der Waals surface area contributed by atoms with Gasteiger partial charge >= 0.3 is 0 Å². The van der Waals surface area contributed by atoms with Crippen molar-refractivity contribution in [2.45, 2.75) is 77.4 Å². The van der Waals surface area contributed by atoms with Crippen molar-refractivity contribution in [3.63, 3.8) is 0 Å². The molecule has 0 saturated heterocycles. The highest BCUT2D eigenvalue weighted by molar-refractivity contribution is 4.71. The van der Waals surface area contributed by atoms with E-state index in [2.05, 4.69) is 6.92 Å². The Morgan fingerprint density at radius 1 is 0.882 bits per heavy atom. The first-order valence-electron chi connectivity index (χ1n) is 6.79. The van der Waals surface area contributed by atoms with E-state index in [0.717, 1.165) is 38.7 Å². The molecule has 0 bridgehead atoms. The van der Waals surface area contributed by atoms with Gasteiger partial charge in [0, 0.05) is 13.2 Å². The zero-order chi connectivity index (χ0) is 13.4. The van der Waals surface area contributed by atoms with Gasteiger partial charge in [-0.05, 0) is 52.9 Å². The van der Waals surface area contributed by atoms with Crippen LogP contribution in [-0.4, -0.2) is 34.6 Å². The lowest BCUT2D eigenvalue weighted by atomic mass is 9.97. The Balaban J connectivity index is 3.35. The van der Waals surface area contributed by atoms with Gasteiger partial charge in [-0.25, -0.2) is 0 Å². The average molecular weight is 246 g/mol. The van der Waals surface area contributed by atoms with E-state index in [-0.39, 0.29) is 0 Å². The number of hydrogen-bond donors (Lipinski definition) is 2. The van der Waals surface area contributed by atoms with E-state index >= 15 is 0 Å². The van der Waals surface area contributed by atoms with Crippen LogP contribution in [0.2, 0.25) is 0 Å². The van der Waals surface area contributed by atoms with Gasteiger partial charge < -0.3 is 14.9 Å². The van der Waals surface area contributed by atoms with Crippen molar-refractivity contribution in [3.05, 3.63) is 0 Å².